The molecule has 1 aromatic carbocycles. The fourth-order valence-electron chi connectivity index (χ4n) is 2.36. The van der Waals surface area contributed by atoms with Crippen molar-refractivity contribution >= 4 is 11.0 Å². The Balaban J connectivity index is 1.96. The van der Waals surface area contributed by atoms with Gasteiger partial charge in [-0.25, -0.2) is 0 Å². The van der Waals surface area contributed by atoms with Gasteiger partial charge in [0.05, 0.1) is 24.6 Å². The van der Waals surface area contributed by atoms with E-state index in [0.717, 1.165) is 27.8 Å². The molecular formula is C17H18N2O2. The van der Waals surface area contributed by atoms with Crippen molar-refractivity contribution in [3.8, 4) is 5.75 Å². The molecule has 0 bridgehead atoms. The normalized spacial score (nSPS) is 12.8. The van der Waals surface area contributed by atoms with Gasteiger partial charge < -0.3 is 14.9 Å². The summed E-state index contributed by atoms with van der Waals surface area (Å²) >= 11 is 0. The summed E-state index contributed by atoms with van der Waals surface area (Å²) in [5.74, 6) is 0.728. The maximum Gasteiger partial charge on any atom is 0.138 e. The van der Waals surface area contributed by atoms with Crippen molar-refractivity contribution < 1.29 is 9.15 Å². The van der Waals surface area contributed by atoms with Crippen LogP contribution in [0.2, 0.25) is 0 Å². The molecule has 0 aliphatic heterocycles. The topological polar surface area (TPSA) is 61.3 Å². The molecule has 2 heterocycles. The van der Waals surface area contributed by atoms with Gasteiger partial charge in [0, 0.05) is 17.1 Å². The van der Waals surface area contributed by atoms with E-state index in [1.54, 1.807) is 18.7 Å². The van der Waals surface area contributed by atoms with E-state index >= 15 is 0 Å². The lowest BCUT2D eigenvalue weighted by Gasteiger charge is -2.14. The number of aromatic nitrogens is 1. The number of pyridine rings is 1. The lowest BCUT2D eigenvalue weighted by molar-refractivity contribution is 0.241. The summed E-state index contributed by atoms with van der Waals surface area (Å²) in [6, 6.07) is 9.50. The third-order valence-corrected chi connectivity index (χ3v) is 3.31. The molecule has 4 nitrogen and oxygen atoms in total. The Labute approximate surface area is 123 Å². The molecular weight excluding hydrogens is 264 g/mol. The van der Waals surface area contributed by atoms with Crippen molar-refractivity contribution in [2.75, 3.05) is 0 Å². The molecule has 1 atom stereocenters. The third kappa shape index (κ3) is 2.76. The Hall–Kier alpha value is -2.33. The molecule has 0 amide bonds. The fraction of sp³-hybridized carbons (Fsp3) is 0.235. The average molecular weight is 282 g/mol. The highest BCUT2D eigenvalue weighted by atomic mass is 16.5. The zero-order chi connectivity index (χ0) is 14.8. The molecule has 2 N–H and O–H groups in total. The summed E-state index contributed by atoms with van der Waals surface area (Å²) in [5, 5.41) is 1.03. The summed E-state index contributed by atoms with van der Waals surface area (Å²) in [5.41, 5.74) is 9.06. The lowest BCUT2D eigenvalue weighted by atomic mass is 10.0. The quantitative estimate of drug-likeness (QED) is 0.793. The van der Waals surface area contributed by atoms with Crippen molar-refractivity contribution in [3.05, 3.63) is 60.1 Å². The molecule has 0 aliphatic rings. The van der Waals surface area contributed by atoms with Gasteiger partial charge in [-0.3, -0.25) is 4.98 Å². The maximum absolute atomic E-state index is 6.37. The first-order valence-electron chi connectivity index (χ1n) is 6.98. The van der Waals surface area contributed by atoms with Gasteiger partial charge in [-0.1, -0.05) is 18.2 Å². The first-order chi connectivity index (χ1) is 10.1. The van der Waals surface area contributed by atoms with Crippen LogP contribution in [0.15, 0.2) is 53.4 Å². The molecule has 4 heteroatoms. The fourth-order valence-corrected chi connectivity index (χ4v) is 2.36. The van der Waals surface area contributed by atoms with Crippen LogP contribution in [0.3, 0.4) is 0 Å². The second kappa shape index (κ2) is 5.58. The SMILES string of the molecule is CC(C)Oc1cncc(C(N)c2coc3ccccc23)c1. The summed E-state index contributed by atoms with van der Waals surface area (Å²) < 4.78 is 11.2. The number of nitrogens with two attached hydrogens (primary N) is 1. The molecule has 3 rings (SSSR count). The standard InChI is InChI=1S/C17H18N2O2/c1-11(2)21-13-7-12(8-19-9-13)17(18)15-10-20-16-6-4-3-5-14(15)16/h3-11,17H,18H2,1-2H3. The van der Waals surface area contributed by atoms with E-state index in [1.807, 2.05) is 44.2 Å². The highest BCUT2D eigenvalue weighted by molar-refractivity contribution is 5.81. The minimum atomic E-state index is -0.295. The minimum Gasteiger partial charge on any atom is -0.489 e. The number of benzene rings is 1. The van der Waals surface area contributed by atoms with Gasteiger partial charge in [0.15, 0.2) is 0 Å². The average Bonchev–Trinajstić information content (AvgIpc) is 2.90. The number of para-hydroxylation sites is 1. The van der Waals surface area contributed by atoms with Crippen molar-refractivity contribution in [2.45, 2.75) is 26.0 Å². The molecule has 3 aromatic rings. The van der Waals surface area contributed by atoms with Crippen LogP contribution in [0, 0.1) is 0 Å². The highest BCUT2D eigenvalue weighted by Gasteiger charge is 2.16. The Morgan fingerprint density at radius 1 is 1.19 bits per heavy atom. The van der Waals surface area contributed by atoms with Crippen LogP contribution in [0.25, 0.3) is 11.0 Å². The van der Waals surface area contributed by atoms with Gasteiger partial charge in [-0.15, -0.1) is 0 Å². The molecule has 2 aromatic heterocycles. The van der Waals surface area contributed by atoms with Crippen LogP contribution < -0.4 is 10.5 Å². The number of furan rings is 1. The predicted octanol–water partition coefficient (Wildman–Crippen LogP) is 3.66. The van der Waals surface area contributed by atoms with Crippen LogP contribution in [0.1, 0.15) is 31.0 Å². The van der Waals surface area contributed by atoms with Crippen LogP contribution in [-0.4, -0.2) is 11.1 Å². The number of ether oxygens (including phenoxy) is 1. The summed E-state index contributed by atoms with van der Waals surface area (Å²) in [6.45, 7) is 3.96. The number of fused-ring (bicyclic) bond motifs is 1. The molecule has 0 saturated heterocycles. The van der Waals surface area contributed by atoms with E-state index in [1.165, 1.54) is 0 Å². The van der Waals surface area contributed by atoms with Crippen LogP contribution in [0.5, 0.6) is 5.75 Å². The van der Waals surface area contributed by atoms with E-state index in [2.05, 4.69) is 4.98 Å². The molecule has 0 radical (unpaired) electrons. The zero-order valence-corrected chi connectivity index (χ0v) is 12.1. The lowest BCUT2D eigenvalue weighted by Crippen LogP contribution is -2.12. The second-order valence-corrected chi connectivity index (χ2v) is 5.29. The summed E-state index contributed by atoms with van der Waals surface area (Å²) in [7, 11) is 0. The number of nitrogens with zero attached hydrogens (tertiary/aromatic N) is 1. The molecule has 0 fully saturated rings. The van der Waals surface area contributed by atoms with Gasteiger partial charge in [0.2, 0.25) is 0 Å². The van der Waals surface area contributed by atoms with Gasteiger partial charge in [-0.05, 0) is 31.5 Å². The number of rotatable bonds is 4. The third-order valence-electron chi connectivity index (χ3n) is 3.31. The predicted molar refractivity (Wildman–Crippen MR) is 82.2 cm³/mol. The van der Waals surface area contributed by atoms with E-state index in [4.69, 9.17) is 14.9 Å². The van der Waals surface area contributed by atoms with Crippen LogP contribution in [-0.2, 0) is 0 Å². The molecule has 108 valence electrons. The van der Waals surface area contributed by atoms with E-state index in [0.29, 0.717) is 0 Å². The van der Waals surface area contributed by atoms with E-state index in [-0.39, 0.29) is 12.1 Å². The Morgan fingerprint density at radius 2 is 2.00 bits per heavy atom. The van der Waals surface area contributed by atoms with Crippen molar-refractivity contribution in [3.63, 3.8) is 0 Å². The van der Waals surface area contributed by atoms with E-state index < -0.39 is 0 Å². The van der Waals surface area contributed by atoms with Gasteiger partial charge >= 0.3 is 0 Å². The second-order valence-electron chi connectivity index (χ2n) is 5.29. The monoisotopic (exact) mass is 282 g/mol. The summed E-state index contributed by atoms with van der Waals surface area (Å²) in [6.07, 6.45) is 5.28. The maximum atomic E-state index is 6.37. The van der Waals surface area contributed by atoms with Gasteiger partial charge in [-0.2, -0.15) is 0 Å². The Morgan fingerprint density at radius 3 is 2.81 bits per heavy atom. The van der Waals surface area contributed by atoms with Crippen LogP contribution in [0.4, 0.5) is 0 Å². The van der Waals surface area contributed by atoms with E-state index in [9.17, 15) is 0 Å². The molecule has 21 heavy (non-hydrogen) atoms. The minimum absolute atomic E-state index is 0.105. The van der Waals surface area contributed by atoms with Crippen LogP contribution >= 0.6 is 0 Å². The number of hydrogen-bond donors (Lipinski definition) is 1. The highest BCUT2D eigenvalue weighted by Crippen LogP contribution is 2.29. The summed E-state index contributed by atoms with van der Waals surface area (Å²) in [4.78, 5) is 4.21. The largest absolute Gasteiger partial charge is 0.489 e. The van der Waals surface area contributed by atoms with Crippen molar-refractivity contribution in [2.24, 2.45) is 5.73 Å². The Bertz CT molecular complexity index is 749. The Kier molecular flexibility index (Phi) is 3.62. The first-order valence-corrected chi connectivity index (χ1v) is 6.98. The number of hydrogen-bond acceptors (Lipinski definition) is 4. The molecule has 1 unspecified atom stereocenters. The van der Waals surface area contributed by atoms with Crippen molar-refractivity contribution in [1.82, 2.24) is 4.98 Å². The smallest absolute Gasteiger partial charge is 0.138 e. The zero-order valence-electron chi connectivity index (χ0n) is 12.1. The molecule has 0 saturated carbocycles. The molecule has 0 spiro atoms. The first kappa shape index (κ1) is 13.6. The van der Waals surface area contributed by atoms with Gasteiger partial charge in [0.1, 0.15) is 11.3 Å². The molecule has 0 aliphatic carbocycles. The van der Waals surface area contributed by atoms with Crippen molar-refractivity contribution in [1.29, 1.82) is 0 Å². The van der Waals surface area contributed by atoms with Gasteiger partial charge in [0.25, 0.3) is 0 Å².